The summed E-state index contributed by atoms with van der Waals surface area (Å²) in [7, 11) is 0. The van der Waals surface area contributed by atoms with Crippen LogP contribution in [0.3, 0.4) is 0 Å². The molecule has 0 saturated carbocycles. The molecule has 17 heavy (non-hydrogen) atoms. The Morgan fingerprint density at radius 3 is 2.41 bits per heavy atom. The monoisotopic (exact) mass is 234 g/mol. The minimum atomic E-state index is 0.362. The number of rotatable bonds is 1. The molecule has 0 atom stereocenters. The predicted molar refractivity (Wildman–Crippen MR) is 75.9 cm³/mol. The summed E-state index contributed by atoms with van der Waals surface area (Å²) in [6.45, 7) is 13.3. The minimum absolute atomic E-state index is 0.362. The van der Waals surface area contributed by atoms with Crippen molar-refractivity contribution in [1.29, 1.82) is 0 Å². The fraction of sp³-hybridized carbons (Fsp3) is 0.600. The van der Waals surface area contributed by atoms with Crippen molar-refractivity contribution < 1.29 is 0 Å². The summed E-state index contributed by atoms with van der Waals surface area (Å²) in [6.07, 6.45) is 8.73. The fourth-order valence-corrected chi connectivity index (χ4v) is 2.73. The van der Waals surface area contributed by atoms with Crippen LogP contribution in [0.5, 0.6) is 0 Å². The molecule has 0 aromatic heterocycles. The highest BCUT2D eigenvalue weighted by atomic mass is 15.0. The van der Waals surface area contributed by atoms with E-state index in [0.717, 1.165) is 19.6 Å². The van der Waals surface area contributed by atoms with Crippen molar-refractivity contribution in [1.82, 2.24) is 10.6 Å². The molecule has 0 unspecified atom stereocenters. The quantitative estimate of drug-likeness (QED) is 0.729. The van der Waals surface area contributed by atoms with E-state index in [2.05, 4.69) is 36.3 Å². The average Bonchev–Trinajstić information content (AvgIpc) is 2.72. The Balaban J connectivity index is 0.000000686. The van der Waals surface area contributed by atoms with E-state index >= 15 is 0 Å². The highest BCUT2D eigenvalue weighted by Gasteiger charge is 2.41. The fourth-order valence-electron chi connectivity index (χ4n) is 2.73. The van der Waals surface area contributed by atoms with Crippen molar-refractivity contribution >= 4 is 0 Å². The standard InChI is InChI=1S/C13H20N2.C2H6/c1-3-5-11-12(4-2)15-10-13(11)6-8-14-9-7-13;1-2/h3-5,14-15H,1,6-10H2,2H3;1-2H3/b11-5+,12-4+;. The van der Waals surface area contributed by atoms with Crippen LogP contribution < -0.4 is 10.6 Å². The Labute approximate surface area is 106 Å². The molecular formula is C15H26N2. The Morgan fingerprint density at radius 2 is 1.88 bits per heavy atom. The molecule has 0 bridgehead atoms. The Morgan fingerprint density at radius 1 is 1.24 bits per heavy atom. The molecule has 0 amide bonds. The molecule has 96 valence electrons. The van der Waals surface area contributed by atoms with Gasteiger partial charge in [0, 0.05) is 17.7 Å². The summed E-state index contributed by atoms with van der Waals surface area (Å²) in [5, 5.41) is 6.95. The molecule has 2 rings (SSSR count). The zero-order chi connectivity index (χ0) is 12.7. The zero-order valence-corrected chi connectivity index (χ0v) is 11.5. The predicted octanol–water partition coefficient (Wildman–Crippen LogP) is 3.00. The molecule has 2 aliphatic rings. The average molecular weight is 234 g/mol. The van der Waals surface area contributed by atoms with Gasteiger partial charge in [-0.1, -0.05) is 38.7 Å². The normalized spacial score (nSPS) is 26.5. The maximum atomic E-state index is 3.82. The van der Waals surface area contributed by atoms with E-state index in [9.17, 15) is 0 Å². The van der Waals surface area contributed by atoms with Gasteiger partial charge in [0.2, 0.25) is 0 Å². The molecule has 1 spiro atoms. The summed E-state index contributed by atoms with van der Waals surface area (Å²) in [5.74, 6) is 0. The lowest BCUT2D eigenvalue weighted by Crippen LogP contribution is -2.38. The molecule has 2 saturated heterocycles. The zero-order valence-electron chi connectivity index (χ0n) is 11.5. The maximum Gasteiger partial charge on any atom is 0.0336 e. The summed E-state index contributed by atoms with van der Waals surface area (Å²) in [5.41, 5.74) is 3.12. The highest BCUT2D eigenvalue weighted by molar-refractivity contribution is 5.42. The molecule has 0 radical (unpaired) electrons. The Bertz CT molecular complexity index is 307. The second-order valence-corrected chi connectivity index (χ2v) is 4.40. The van der Waals surface area contributed by atoms with E-state index in [1.807, 2.05) is 19.9 Å². The molecule has 0 aromatic rings. The van der Waals surface area contributed by atoms with Gasteiger partial charge >= 0.3 is 0 Å². The molecule has 2 aliphatic heterocycles. The first-order chi connectivity index (χ1) is 8.32. The maximum absolute atomic E-state index is 3.82. The van der Waals surface area contributed by atoms with Crippen LogP contribution in [0.25, 0.3) is 0 Å². The number of nitrogens with one attached hydrogen (secondary N) is 2. The van der Waals surface area contributed by atoms with Gasteiger partial charge in [-0.2, -0.15) is 0 Å². The van der Waals surface area contributed by atoms with Crippen molar-refractivity contribution in [3.63, 3.8) is 0 Å². The van der Waals surface area contributed by atoms with Crippen LogP contribution in [0.1, 0.15) is 33.6 Å². The topological polar surface area (TPSA) is 24.1 Å². The molecule has 2 heterocycles. The van der Waals surface area contributed by atoms with E-state index in [0.29, 0.717) is 5.41 Å². The Hall–Kier alpha value is -1.02. The summed E-state index contributed by atoms with van der Waals surface area (Å²) in [6, 6.07) is 0. The molecule has 2 heteroatoms. The van der Waals surface area contributed by atoms with Gasteiger partial charge in [-0.3, -0.25) is 0 Å². The molecule has 2 fully saturated rings. The van der Waals surface area contributed by atoms with Gasteiger partial charge < -0.3 is 10.6 Å². The van der Waals surface area contributed by atoms with E-state index in [1.165, 1.54) is 24.1 Å². The van der Waals surface area contributed by atoms with Crippen LogP contribution in [0, 0.1) is 5.41 Å². The largest absolute Gasteiger partial charge is 0.384 e. The molecular weight excluding hydrogens is 208 g/mol. The van der Waals surface area contributed by atoms with Gasteiger partial charge in [-0.05, 0) is 38.4 Å². The first kappa shape index (κ1) is 14.0. The summed E-state index contributed by atoms with van der Waals surface area (Å²) >= 11 is 0. The van der Waals surface area contributed by atoms with Gasteiger partial charge in [0.05, 0.1) is 0 Å². The van der Waals surface area contributed by atoms with Gasteiger partial charge in [0.15, 0.2) is 0 Å². The van der Waals surface area contributed by atoms with Crippen LogP contribution in [0.2, 0.25) is 0 Å². The van der Waals surface area contributed by atoms with Crippen LogP contribution in [0.15, 0.2) is 36.1 Å². The second kappa shape index (κ2) is 6.65. The van der Waals surface area contributed by atoms with Gasteiger partial charge in [-0.25, -0.2) is 0 Å². The second-order valence-electron chi connectivity index (χ2n) is 4.40. The number of piperidine rings is 1. The third kappa shape index (κ3) is 2.81. The smallest absolute Gasteiger partial charge is 0.0336 e. The van der Waals surface area contributed by atoms with Crippen LogP contribution in [0.4, 0.5) is 0 Å². The van der Waals surface area contributed by atoms with E-state index in [1.54, 1.807) is 0 Å². The van der Waals surface area contributed by atoms with Crippen LogP contribution in [-0.4, -0.2) is 19.6 Å². The summed E-state index contributed by atoms with van der Waals surface area (Å²) in [4.78, 5) is 0. The molecule has 0 aromatic carbocycles. The third-order valence-corrected chi connectivity index (χ3v) is 3.61. The van der Waals surface area contributed by atoms with E-state index in [4.69, 9.17) is 0 Å². The molecule has 0 aliphatic carbocycles. The first-order valence-corrected chi connectivity index (χ1v) is 6.77. The highest BCUT2D eigenvalue weighted by Crippen LogP contribution is 2.43. The van der Waals surface area contributed by atoms with Crippen molar-refractivity contribution in [3.8, 4) is 0 Å². The Kier molecular flexibility index (Phi) is 5.49. The van der Waals surface area contributed by atoms with E-state index < -0.39 is 0 Å². The minimum Gasteiger partial charge on any atom is -0.384 e. The molecule has 2 nitrogen and oxygen atoms in total. The molecule has 2 N–H and O–H groups in total. The third-order valence-electron chi connectivity index (χ3n) is 3.61. The first-order valence-electron chi connectivity index (χ1n) is 6.77. The lowest BCUT2D eigenvalue weighted by atomic mass is 9.74. The van der Waals surface area contributed by atoms with Gasteiger partial charge in [0.25, 0.3) is 0 Å². The van der Waals surface area contributed by atoms with Gasteiger partial charge in [-0.15, -0.1) is 0 Å². The van der Waals surface area contributed by atoms with Crippen molar-refractivity contribution in [2.45, 2.75) is 33.6 Å². The van der Waals surface area contributed by atoms with Crippen molar-refractivity contribution in [2.75, 3.05) is 19.6 Å². The van der Waals surface area contributed by atoms with Crippen LogP contribution in [-0.2, 0) is 0 Å². The SMILES string of the molecule is C=C/C=C1\C(=C/C)NCC12CCNCC2.CC. The van der Waals surface area contributed by atoms with Crippen molar-refractivity contribution in [2.24, 2.45) is 5.41 Å². The lowest BCUT2D eigenvalue weighted by Gasteiger charge is -2.34. The number of hydrogen-bond donors (Lipinski definition) is 2. The number of hydrogen-bond acceptors (Lipinski definition) is 2. The lowest BCUT2D eigenvalue weighted by molar-refractivity contribution is 0.279. The number of allylic oxidation sites excluding steroid dienone is 4. The van der Waals surface area contributed by atoms with Crippen LogP contribution >= 0.6 is 0 Å². The van der Waals surface area contributed by atoms with E-state index in [-0.39, 0.29) is 0 Å². The summed E-state index contributed by atoms with van der Waals surface area (Å²) < 4.78 is 0. The van der Waals surface area contributed by atoms with Gasteiger partial charge in [0.1, 0.15) is 0 Å². The van der Waals surface area contributed by atoms with Crippen molar-refractivity contribution in [3.05, 3.63) is 36.1 Å².